The number of hydrogen-bond donors (Lipinski definition) is 0. The summed E-state index contributed by atoms with van der Waals surface area (Å²) in [6.07, 6.45) is 0. The van der Waals surface area contributed by atoms with E-state index in [1.165, 1.54) is 0 Å². The molecule has 23 valence electrons. The van der Waals surface area contributed by atoms with E-state index >= 15 is 0 Å². The predicted octanol–water partition coefficient (Wildman–Crippen LogP) is 1.53. The molecule has 4 heavy (non-hydrogen) atoms. The summed E-state index contributed by atoms with van der Waals surface area (Å²) in [5.41, 5.74) is 0. The predicted molar refractivity (Wildman–Crippen MR) is 23.4 cm³/mol. The normalized spacial score (nSPS) is 15.2. The second kappa shape index (κ2) is 2.09. The first kappa shape index (κ1) is 4.82. The first-order chi connectivity index (χ1) is 1.73. The Hall–Kier alpha value is 0.825. The average Bonchev–Trinajstić information content (AvgIpc) is 0.811. The van der Waals surface area contributed by atoms with Gasteiger partial charge in [-0.25, -0.2) is 0 Å². The Morgan fingerprint density at radius 3 is 2.00 bits per heavy atom. The fraction of sp³-hybridized carbons (Fsp3) is 0. The van der Waals surface area contributed by atoms with Crippen LogP contribution in [-0.4, -0.2) is 6.72 Å². The van der Waals surface area contributed by atoms with Crippen molar-refractivity contribution >= 4 is 30.7 Å². The summed E-state index contributed by atoms with van der Waals surface area (Å²) in [6, 6.07) is 0. The van der Waals surface area contributed by atoms with Gasteiger partial charge in [0.15, 0.2) is 0 Å². The summed E-state index contributed by atoms with van der Waals surface area (Å²) in [5.74, 6) is 0. The standard InChI is InChI=1S/BBrFS/c1-4(2)3. The molecule has 1 unspecified atom stereocenters. The SMILES string of the molecule is [B]=S(F)Br. The molecule has 0 saturated heterocycles. The third-order valence-corrected chi connectivity index (χ3v) is 0. The first-order valence-electron chi connectivity index (χ1n) is 0.544. The van der Waals surface area contributed by atoms with Crippen LogP contribution in [0.2, 0.25) is 0 Å². The van der Waals surface area contributed by atoms with Gasteiger partial charge in [-0.3, -0.25) is 0 Å². The van der Waals surface area contributed by atoms with Crippen LogP contribution in [0.25, 0.3) is 0 Å². The summed E-state index contributed by atoms with van der Waals surface area (Å²) in [7, 11) is -1.55. The van der Waals surface area contributed by atoms with Crippen molar-refractivity contribution in [3.05, 3.63) is 0 Å². The van der Waals surface area contributed by atoms with Gasteiger partial charge in [-0.1, -0.05) is 0 Å². The molecule has 0 aliphatic heterocycles. The second-order valence-corrected chi connectivity index (χ2v) is 2.57. The van der Waals surface area contributed by atoms with Gasteiger partial charge in [0.25, 0.3) is 0 Å². The molecule has 0 bridgehead atoms. The molecule has 0 aromatic heterocycles. The topological polar surface area (TPSA) is 0 Å². The Labute approximate surface area is 35.1 Å². The molecule has 0 saturated carbocycles. The van der Waals surface area contributed by atoms with Crippen LogP contribution < -0.4 is 0 Å². The Bertz CT molecular complexity index is 31.0. The maximum absolute atomic E-state index is 10.7. The van der Waals surface area contributed by atoms with Gasteiger partial charge in [-0.15, -0.1) is 0 Å². The molecule has 0 spiro atoms. The third kappa shape index (κ3) is 13.8. The molecule has 0 rings (SSSR count). The van der Waals surface area contributed by atoms with Gasteiger partial charge in [0.1, 0.15) is 0 Å². The van der Waals surface area contributed by atoms with Crippen molar-refractivity contribution in [2.24, 2.45) is 0 Å². The molecule has 1 radical (unpaired) electrons. The molecule has 0 fully saturated rings. The van der Waals surface area contributed by atoms with E-state index < -0.39 is 9.14 Å². The van der Waals surface area contributed by atoms with Crippen LogP contribution in [0, 0.1) is 0 Å². The van der Waals surface area contributed by atoms with Gasteiger partial charge in [0.05, 0.1) is 0 Å². The molecule has 0 aromatic carbocycles. The minimum atomic E-state index is -1.55. The van der Waals surface area contributed by atoms with Gasteiger partial charge < -0.3 is 0 Å². The molecule has 0 nitrogen and oxygen atoms in total. The molecule has 4 heteroatoms. The average molecular weight is 142 g/mol. The Morgan fingerprint density at radius 2 is 2.00 bits per heavy atom. The fourth-order valence-corrected chi connectivity index (χ4v) is 0. The molecule has 0 amide bonds. The number of hydrogen-bond acceptors (Lipinski definition) is 0. The van der Waals surface area contributed by atoms with E-state index in [1.807, 2.05) is 0 Å². The van der Waals surface area contributed by atoms with Crippen molar-refractivity contribution < 1.29 is 3.89 Å². The number of halogens is 2. The molecule has 0 heterocycles. The molecular weight excluding hydrogens is 142 g/mol. The van der Waals surface area contributed by atoms with E-state index in [2.05, 4.69) is 21.5 Å². The van der Waals surface area contributed by atoms with Gasteiger partial charge >= 0.3 is 34.6 Å². The van der Waals surface area contributed by atoms with Crippen molar-refractivity contribution in [1.29, 1.82) is 0 Å². The Morgan fingerprint density at radius 1 is 2.00 bits per heavy atom. The van der Waals surface area contributed by atoms with E-state index in [1.54, 1.807) is 0 Å². The van der Waals surface area contributed by atoms with Crippen LogP contribution in [0.5, 0.6) is 0 Å². The van der Waals surface area contributed by atoms with Crippen molar-refractivity contribution in [2.45, 2.75) is 0 Å². The van der Waals surface area contributed by atoms with Gasteiger partial charge in [-0.05, 0) is 0 Å². The van der Waals surface area contributed by atoms with E-state index in [0.717, 1.165) is 0 Å². The van der Waals surface area contributed by atoms with Gasteiger partial charge in [0.2, 0.25) is 0 Å². The molecule has 0 N–H and O–H groups in total. The summed E-state index contributed by atoms with van der Waals surface area (Å²) < 4.78 is 10.7. The van der Waals surface area contributed by atoms with Crippen LogP contribution in [0.1, 0.15) is 0 Å². The maximum atomic E-state index is 10.7. The monoisotopic (exact) mass is 141 g/mol. The van der Waals surface area contributed by atoms with Crippen molar-refractivity contribution in [1.82, 2.24) is 0 Å². The summed E-state index contributed by atoms with van der Waals surface area (Å²) in [6.45, 7) is 4.39. The molecule has 1 atom stereocenters. The van der Waals surface area contributed by atoms with Gasteiger partial charge in [-0.2, -0.15) is 0 Å². The Balaban J connectivity index is 2.80. The van der Waals surface area contributed by atoms with E-state index in [9.17, 15) is 3.89 Å². The van der Waals surface area contributed by atoms with Crippen LogP contribution >= 0.6 is 24.0 Å². The van der Waals surface area contributed by atoms with E-state index in [4.69, 9.17) is 0 Å². The summed E-state index contributed by atoms with van der Waals surface area (Å²) in [5, 5.41) is 0. The van der Waals surface area contributed by atoms with Crippen molar-refractivity contribution in [2.75, 3.05) is 0 Å². The zero-order chi connectivity index (χ0) is 3.58. The molecule has 0 aliphatic carbocycles. The van der Waals surface area contributed by atoms with Crippen LogP contribution in [0.15, 0.2) is 0 Å². The van der Waals surface area contributed by atoms with Crippen molar-refractivity contribution in [3.8, 4) is 0 Å². The quantitative estimate of drug-likeness (QED) is 0.449. The fourth-order valence-electron chi connectivity index (χ4n) is 0. The van der Waals surface area contributed by atoms with Crippen molar-refractivity contribution in [3.63, 3.8) is 0 Å². The van der Waals surface area contributed by atoms with Crippen LogP contribution in [0.3, 0.4) is 0 Å². The van der Waals surface area contributed by atoms with E-state index in [0.29, 0.717) is 0 Å². The third-order valence-electron chi connectivity index (χ3n) is 0. The second-order valence-electron chi connectivity index (χ2n) is 0.236. The molecule has 0 aliphatic rings. The molecular formula is BBrFS. The van der Waals surface area contributed by atoms with E-state index in [-0.39, 0.29) is 0 Å². The first-order valence-corrected chi connectivity index (χ1v) is 3.58. The zero-order valence-electron chi connectivity index (χ0n) is 1.74. The molecule has 0 aromatic rings. The Kier molecular flexibility index (Phi) is 2.52. The van der Waals surface area contributed by atoms with Crippen LogP contribution in [-0.2, 0) is 0 Å². The minimum absolute atomic E-state index is 1.55. The summed E-state index contributed by atoms with van der Waals surface area (Å²) >= 11 is 2.41. The van der Waals surface area contributed by atoms with Gasteiger partial charge in [0, 0.05) is 0 Å². The zero-order valence-corrected chi connectivity index (χ0v) is 4.14. The number of rotatable bonds is 0. The van der Waals surface area contributed by atoms with Crippen LogP contribution in [0.4, 0.5) is 3.89 Å². The summed E-state index contributed by atoms with van der Waals surface area (Å²) in [4.78, 5) is 0.